The van der Waals surface area contributed by atoms with Crippen molar-refractivity contribution >= 4 is 22.6 Å². The number of aromatic nitrogens is 1. The van der Waals surface area contributed by atoms with E-state index in [2.05, 4.69) is 24.0 Å². The molecule has 4 heteroatoms. The number of carbonyl (C=O) groups excluding carboxylic acids is 1. The van der Waals surface area contributed by atoms with Crippen LogP contribution in [0.1, 0.15) is 63.1 Å². The van der Waals surface area contributed by atoms with E-state index < -0.39 is 11.6 Å². The molecular weight excluding hydrogens is 432 g/mol. The average molecular weight is 467 g/mol. The van der Waals surface area contributed by atoms with Gasteiger partial charge in [0.2, 0.25) is 0 Å². The zero-order valence-corrected chi connectivity index (χ0v) is 21.0. The van der Waals surface area contributed by atoms with Gasteiger partial charge in [-0.25, -0.2) is 4.79 Å². The first-order valence-corrected chi connectivity index (χ1v) is 12.3. The van der Waals surface area contributed by atoms with E-state index in [-0.39, 0.29) is 11.9 Å². The number of benzene rings is 3. The molecule has 0 saturated heterocycles. The van der Waals surface area contributed by atoms with Gasteiger partial charge < -0.3 is 9.72 Å². The molecule has 0 aliphatic rings. The van der Waals surface area contributed by atoms with Crippen LogP contribution >= 0.6 is 0 Å². The van der Waals surface area contributed by atoms with Crippen LogP contribution in [0.3, 0.4) is 0 Å². The SMILES string of the molecule is CCC[C@@H](c1c[nH]c2ccccc12)[C@H](N=C(c1ccccc1)c1ccccc1)C(=O)OC(C)(C)C. The molecule has 4 aromatic rings. The Balaban J connectivity index is 1.91. The molecule has 0 radical (unpaired) electrons. The largest absolute Gasteiger partial charge is 0.458 e. The van der Waals surface area contributed by atoms with E-state index in [1.165, 1.54) is 0 Å². The number of esters is 1. The summed E-state index contributed by atoms with van der Waals surface area (Å²) in [4.78, 5) is 22.4. The molecular formula is C31H34N2O2. The molecule has 2 atom stereocenters. The zero-order valence-electron chi connectivity index (χ0n) is 21.0. The smallest absolute Gasteiger partial charge is 0.332 e. The van der Waals surface area contributed by atoms with Gasteiger partial charge in [-0.05, 0) is 38.8 Å². The molecule has 0 amide bonds. The van der Waals surface area contributed by atoms with Crippen LogP contribution in [0.25, 0.3) is 10.9 Å². The van der Waals surface area contributed by atoms with Crippen LogP contribution in [0.5, 0.6) is 0 Å². The molecule has 0 unspecified atom stereocenters. The molecule has 4 rings (SSSR count). The van der Waals surface area contributed by atoms with Gasteiger partial charge in [-0.2, -0.15) is 0 Å². The monoisotopic (exact) mass is 466 g/mol. The molecule has 1 aromatic heterocycles. The summed E-state index contributed by atoms with van der Waals surface area (Å²) < 4.78 is 5.95. The first kappa shape index (κ1) is 24.5. The number of aromatic amines is 1. The van der Waals surface area contributed by atoms with Crippen LogP contribution in [0.4, 0.5) is 0 Å². The molecule has 0 saturated carbocycles. The van der Waals surface area contributed by atoms with E-state index >= 15 is 0 Å². The summed E-state index contributed by atoms with van der Waals surface area (Å²) in [6.45, 7) is 7.86. The minimum atomic E-state index is -0.691. The second-order valence-corrected chi connectivity index (χ2v) is 9.87. The molecule has 0 fully saturated rings. The predicted molar refractivity (Wildman–Crippen MR) is 144 cm³/mol. The number of nitrogens with one attached hydrogen (secondary N) is 1. The number of rotatable bonds is 8. The van der Waals surface area contributed by atoms with Crippen molar-refractivity contribution in [1.29, 1.82) is 0 Å². The van der Waals surface area contributed by atoms with Crippen LogP contribution in [0.2, 0.25) is 0 Å². The molecule has 180 valence electrons. The maximum Gasteiger partial charge on any atom is 0.332 e. The Morgan fingerprint density at radius 2 is 1.46 bits per heavy atom. The standard InChI is InChI=1S/C31H34N2O2/c1-5-14-25(26-21-32-27-20-13-12-19-24(26)27)29(30(34)35-31(2,3)4)33-28(22-15-8-6-9-16-22)23-17-10-7-11-18-23/h6-13,15-21,25,29,32H,5,14H2,1-4H3/t25-,29-/m0/s1. The number of fused-ring (bicyclic) bond motifs is 1. The van der Waals surface area contributed by atoms with Gasteiger partial charge >= 0.3 is 5.97 Å². The van der Waals surface area contributed by atoms with E-state index in [1.54, 1.807) is 0 Å². The van der Waals surface area contributed by atoms with Gasteiger partial charge in [0.05, 0.1) is 5.71 Å². The normalized spacial score (nSPS) is 13.3. The van der Waals surface area contributed by atoms with Gasteiger partial charge in [-0.15, -0.1) is 0 Å². The molecule has 0 spiro atoms. The van der Waals surface area contributed by atoms with Gasteiger partial charge in [0.1, 0.15) is 5.60 Å². The highest BCUT2D eigenvalue weighted by molar-refractivity contribution is 6.13. The van der Waals surface area contributed by atoms with E-state index in [4.69, 9.17) is 9.73 Å². The summed E-state index contributed by atoms with van der Waals surface area (Å²) in [6.07, 6.45) is 3.76. The Bertz CT molecular complexity index is 1240. The number of nitrogens with zero attached hydrogens (tertiary/aromatic N) is 1. The minimum absolute atomic E-state index is 0.131. The van der Waals surface area contributed by atoms with E-state index in [9.17, 15) is 4.79 Å². The summed E-state index contributed by atoms with van der Waals surface area (Å²) in [5, 5.41) is 1.12. The van der Waals surface area contributed by atoms with Crippen molar-refractivity contribution in [2.45, 2.75) is 58.1 Å². The van der Waals surface area contributed by atoms with Gasteiger partial charge in [-0.3, -0.25) is 4.99 Å². The second kappa shape index (κ2) is 10.7. The molecule has 1 N–H and O–H groups in total. The Kier molecular flexibility index (Phi) is 7.50. The lowest BCUT2D eigenvalue weighted by molar-refractivity contribution is -0.157. The molecule has 0 aliphatic heterocycles. The van der Waals surface area contributed by atoms with Crippen molar-refractivity contribution in [3.8, 4) is 0 Å². The summed E-state index contributed by atoms with van der Waals surface area (Å²) >= 11 is 0. The van der Waals surface area contributed by atoms with Gasteiger partial charge in [0, 0.05) is 34.1 Å². The van der Waals surface area contributed by atoms with Gasteiger partial charge in [0.25, 0.3) is 0 Å². The summed E-state index contributed by atoms with van der Waals surface area (Å²) in [6, 6.07) is 27.7. The van der Waals surface area contributed by atoms with Crippen LogP contribution in [-0.4, -0.2) is 28.3 Å². The van der Waals surface area contributed by atoms with E-state index in [0.717, 1.165) is 46.1 Å². The predicted octanol–water partition coefficient (Wildman–Crippen LogP) is 7.30. The Morgan fingerprint density at radius 3 is 2.03 bits per heavy atom. The van der Waals surface area contributed by atoms with Crippen molar-refractivity contribution in [1.82, 2.24) is 4.98 Å². The topological polar surface area (TPSA) is 54.5 Å². The number of aliphatic imine (C=N–C) groups is 1. The molecule has 3 aromatic carbocycles. The van der Waals surface area contributed by atoms with Gasteiger partial charge in [0.15, 0.2) is 6.04 Å². The third-order valence-electron chi connectivity index (χ3n) is 6.01. The van der Waals surface area contributed by atoms with Crippen LogP contribution in [-0.2, 0) is 9.53 Å². The third kappa shape index (κ3) is 5.89. The quantitative estimate of drug-likeness (QED) is 0.219. The van der Waals surface area contributed by atoms with Crippen molar-refractivity contribution in [2.24, 2.45) is 4.99 Å². The molecule has 0 bridgehead atoms. The number of para-hydroxylation sites is 1. The highest BCUT2D eigenvalue weighted by atomic mass is 16.6. The molecule has 0 aliphatic carbocycles. The Labute approximate surface area is 208 Å². The highest BCUT2D eigenvalue weighted by Crippen LogP contribution is 2.34. The summed E-state index contributed by atoms with van der Waals surface area (Å²) in [5.74, 6) is -0.431. The van der Waals surface area contributed by atoms with Crippen LogP contribution in [0.15, 0.2) is 96.1 Å². The lowest BCUT2D eigenvalue weighted by Crippen LogP contribution is -2.35. The first-order chi connectivity index (χ1) is 16.9. The van der Waals surface area contributed by atoms with E-state index in [0.29, 0.717) is 0 Å². The Morgan fingerprint density at radius 1 is 0.886 bits per heavy atom. The fraction of sp³-hybridized carbons (Fsp3) is 0.290. The third-order valence-corrected chi connectivity index (χ3v) is 6.01. The number of hydrogen-bond acceptors (Lipinski definition) is 3. The fourth-order valence-corrected chi connectivity index (χ4v) is 4.51. The fourth-order valence-electron chi connectivity index (χ4n) is 4.51. The lowest BCUT2D eigenvalue weighted by atomic mass is 9.87. The van der Waals surface area contributed by atoms with E-state index in [1.807, 2.05) is 99.8 Å². The summed E-state index contributed by atoms with van der Waals surface area (Å²) in [7, 11) is 0. The Hall–Kier alpha value is -3.66. The van der Waals surface area contributed by atoms with Crippen molar-refractivity contribution < 1.29 is 9.53 Å². The number of carbonyl (C=O) groups is 1. The van der Waals surface area contributed by atoms with Crippen molar-refractivity contribution in [3.63, 3.8) is 0 Å². The number of H-pyrrole nitrogens is 1. The lowest BCUT2D eigenvalue weighted by Gasteiger charge is -2.28. The van der Waals surface area contributed by atoms with Crippen LogP contribution < -0.4 is 0 Å². The molecule has 4 nitrogen and oxygen atoms in total. The highest BCUT2D eigenvalue weighted by Gasteiger charge is 2.34. The van der Waals surface area contributed by atoms with Crippen molar-refractivity contribution in [3.05, 3.63) is 108 Å². The second-order valence-electron chi connectivity index (χ2n) is 9.87. The maximum atomic E-state index is 13.8. The van der Waals surface area contributed by atoms with Crippen LogP contribution in [0, 0.1) is 0 Å². The number of hydrogen-bond donors (Lipinski definition) is 1. The first-order valence-electron chi connectivity index (χ1n) is 12.3. The molecule has 1 heterocycles. The zero-order chi connectivity index (χ0) is 24.8. The van der Waals surface area contributed by atoms with Crippen molar-refractivity contribution in [2.75, 3.05) is 0 Å². The average Bonchev–Trinajstić information content (AvgIpc) is 3.27. The molecule has 35 heavy (non-hydrogen) atoms. The maximum absolute atomic E-state index is 13.8. The summed E-state index contributed by atoms with van der Waals surface area (Å²) in [5.41, 5.74) is 4.29. The minimum Gasteiger partial charge on any atom is -0.458 e. The number of ether oxygens (including phenoxy) is 1. The van der Waals surface area contributed by atoms with Gasteiger partial charge in [-0.1, -0.05) is 92.2 Å².